The van der Waals surface area contributed by atoms with Crippen LogP contribution in [0.1, 0.15) is 80.6 Å². The third-order valence-corrected chi connectivity index (χ3v) is 8.49. The number of hydrogen-bond acceptors (Lipinski definition) is 7. The van der Waals surface area contributed by atoms with E-state index in [4.69, 9.17) is 14.2 Å². The fraction of sp³-hybridized carbons (Fsp3) is 0.833. The summed E-state index contributed by atoms with van der Waals surface area (Å²) in [5.74, 6) is -0.808. The lowest BCUT2D eigenvalue weighted by Crippen LogP contribution is -2.69. The van der Waals surface area contributed by atoms with Crippen molar-refractivity contribution >= 4 is 23.5 Å². The molecule has 3 fully saturated rings. The maximum absolute atomic E-state index is 13.5. The van der Waals surface area contributed by atoms with Crippen LogP contribution in [0.25, 0.3) is 0 Å². The predicted octanol–water partition coefficient (Wildman–Crippen LogP) is 3.41. The van der Waals surface area contributed by atoms with Crippen LogP contribution in [0.3, 0.4) is 0 Å². The van der Waals surface area contributed by atoms with E-state index in [2.05, 4.69) is 6.92 Å². The largest absolute Gasteiger partial charge is 0.462 e. The summed E-state index contributed by atoms with van der Waals surface area (Å²) in [4.78, 5) is 49.2. The molecular weight excluding hydrogens is 400 g/mol. The molecule has 2 aliphatic carbocycles. The number of rotatable bonds is 4. The average molecular weight is 437 g/mol. The van der Waals surface area contributed by atoms with Gasteiger partial charge in [0.25, 0.3) is 0 Å². The average Bonchev–Trinajstić information content (AvgIpc) is 2.63. The summed E-state index contributed by atoms with van der Waals surface area (Å²) >= 11 is 0. The summed E-state index contributed by atoms with van der Waals surface area (Å²) in [7, 11) is 0. The Kier molecular flexibility index (Phi) is 5.92. The molecule has 0 aromatic rings. The molecule has 174 valence electrons. The molecule has 0 bridgehead atoms. The zero-order valence-corrected chi connectivity index (χ0v) is 19.8. The van der Waals surface area contributed by atoms with Crippen LogP contribution in [0.15, 0.2) is 0 Å². The van der Waals surface area contributed by atoms with Gasteiger partial charge >= 0.3 is 11.9 Å². The van der Waals surface area contributed by atoms with E-state index in [1.165, 1.54) is 13.8 Å². The number of hydrogen-bond donors (Lipinski definition) is 0. The van der Waals surface area contributed by atoms with E-state index in [1.54, 1.807) is 6.92 Å². The summed E-state index contributed by atoms with van der Waals surface area (Å²) in [6.45, 7) is 12.2. The van der Waals surface area contributed by atoms with Gasteiger partial charge in [0.1, 0.15) is 12.4 Å². The minimum Gasteiger partial charge on any atom is -0.462 e. The zero-order valence-electron chi connectivity index (χ0n) is 19.8. The molecule has 3 aliphatic rings. The summed E-state index contributed by atoms with van der Waals surface area (Å²) in [6.07, 6.45) is 2.05. The van der Waals surface area contributed by atoms with Crippen LogP contribution >= 0.6 is 0 Å². The Morgan fingerprint density at radius 3 is 2.23 bits per heavy atom. The second-order valence-corrected chi connectivity index (χ2v) is 10.8. The van der Waals surface area contributed by atoms with Crippen molar-refractivity contribution in [1.82, 2.24) is 0 Å². The van der Waals surface area contributed by atoms with E-state index in [0.717, 1.165) is 12.8 Å². The molecule has 0 amide bonds. The highest BCUT2D eigenvalue weighted by Gasteiger charge is 2.66. The Morgan fingerprint density at radius 2 is 1.65 bits per heavy atom. The molecule has 0 radical (unpaired) electrons. The molecule has 7 heteroatoms. The quantitative estimate of drug-likeness (QED) is 0.623. The minimum absolute atomic E-state index is 0.0431. The standard InChI is InChI=1S/C24H36O7/c1-14(25)29-13-20(30-15(2)26)24(7)19(28)12-17-22(5)10-9-18(27)21(3,4)16(22)8-11-23(17,6)31-24/h16-17,20H,8-13H2,1-7H3/t16-,17+,20+,22-,23+,24-/m1/s1. The number of carbonyl (C=O) groups is 4. The Labute approximate surface area is 184 Å². The Bertz CT molecular complexity index is 802. The number of fused-ring (bicyclic) bond motifs is 3. The third kappa shape index (κ3) is 3.83. The van der Waals surface area contributed by atoms with Crippen LogP contribution in [-0.2, 0) is 33.4 Å². The molecule has 7 nitrogen and oxygen atoms in total. The first kappa shape index (κ1) is 23.9. The van der Waals surface area contributed by atoms with Crippen LogP contribution in [0.2, 0.25) is 0 Å². The summed E-state index contributed by atoms with van der Waals surface area (Å²) in [5.41, 5.74) is -2.64. The van der Waals surface area contributed by atoms with Crippen LogP contribution < -0.4 is 0 Å². The number of ketones is 2. The second-order valence-electron chi connectivity index (χ2n) is 10.8. The van der Waals surface area contributed by atoms with Crippen molar-refractivity contribution in [3.63, 3.8) is 0 Å². The monoisotopic (exact) mass is 436 g/mol. The van der Waals surface area contributed by atoms with Gasteiger partial charge in [-0.2, -0.15) is 0 Å². The highest BCUT2D eigenvalue weighted by atomic mass is 16.6. The van der Waals surface area contributed by atoms with Gasteiger partial charge in [-0.25, -0.2) is 0 Å². The summed E-state index contributed by atoms with van der Waals surface area (Å²) in [5, 5.41) is 0. The fourth-order valence-electron chi connectivity index (χ4n) is 6.75. The zero-order chi connectivity index (χ0) is 23.4. The predicted molar refractivity (Wildman–Crippen MR) is 112 cm³/mol. The van der Waals surface area contributed by atoms with Gasteiger partial charge in [0.05, 0.1) is 5.60 Å². The Balaban J connectivity index is 1.94. The topological polar surface area (TPSA) is 96.0 Å². The van der Waals surface area contributed by atoms with E-state index in [-0.39, 0.29) is 36.1 Å². The fourth-order valence-corrected chi connectivity index (χ4v) is 6.75. The van der Waals surface area contributed by atoms with E-state index in [1.807, 2.05) is 20.8 Å². The van der Waals surface area contributed by atoms with Gasteiger partial charge in [-0.1, -0.05) is 20.8 Å². The first-order valence-electron chi connectivity index (χ1n) is 11.2. The lowest BCUT2D eigenvalue weighted by molar-refractivity contribution is -0.271. The molecule has 0 aromatic heterocycles. The molecule has 0 aromatic carbocycles. The molecule has 31 heavy (non-hydrogen) atoms. The molecule has 0 spiro atoms. The lowest BCUT2D eigenvalue weighted by Gasteiger charge is -2.64. The van der Waals surface area contributed by atoms with Crippen molar-refractivity contribution in [1.29, 1.82) is 0 Å². The maximum Gasteiger partial charge on any atom is 0.303 e. The molecule has 1 heterocycles. The van der Waals surface area contributed by atoms with Gasteiger partial charge in [-0.15, -0.1) is 0 Å². The van der Waals surface area contributed by atoms with Crippen molar-refractivity contribution in [3.8, 4) is 0 Å². The van der Waals surface area contributed by atoms with Gasteiger partial charge in [0, 0.05) is 38.0 Å². The molecule has 2 saturated carbocycles. The highest BCUT2D eigenvalue weighted by molar-refractivity contribution is 5.90. The number of Topliss-reactive ketones (excluding diaryl/α,β-unsaturated/α-hetero) is 2. The van der Waals surface area contributed by atoms with E-state index < -0.39 is 34.7 Å². The first-order chi connectivity index (χ1) is 14.2. The van der Waals surface area contributed by atoms with Gasteiger partial charge in [-0.05, 0) is 44.4 Å². The normalized spacial score (nSPS) is 40.4. The second kappa shape index (κ2) is 7.68. The van der Waals surface area contributed by atoms with Crippen LogP contribution in [0.5, 0.6) is 0 Å². The first-order valence-corrected chi connectivity index (χ1v) is 11.2. The Hall–Kier alpha value is -1.76. The van der Waals surface area contributed by atoms with Gasteiger partial charge < -0.3 is 14.2 Å². The molecular formula is C24H36O7. The van der Waals surface area contributed by atoms with E-state index >= 15 is 0 Å². The molecule has 6 atom stereocenters. The van der Waals surface area contributed by atoms with Crippen molar-refractivity contribution in [3.05, 3.63) is 0 Å². The summed E-state index contributed by atoms with van der Waals surface area (Å²) < 4.78 is 17.1. The maximum atomic E-state index is 13.5. The van der Waals surface area contributed by atoms with Crippen LogP contribution in [0.4, 0.5) is 0 Å². The highest BCUT2D eigenvalue weighted by Crippen LogP contribution is 2.64. The molecule has 1 aliphatic heterocycles. The van der Waals surface area contributed by atoms with E-state index in [9.17, 15) is 19.2 Å². The van der Waals surface area contributed by atoms with Crippen LogP contribution in [-0.4, -0.2) is 47.4 Å². The number of carbonyl (C=O) groups excluding carboxylic acids is 4. The SMILES string of the molecule is CC(=O)OC[C@H](OC(C)=O)[C@]1(C)O[C@@]2(C)CC[C@@H]3C(C)(C)C(=O)CC[C@@]3(C)[C@@H]2CC1=O. The van der Waals surface area contributed by atoms with Crippen LogP contribution in [0, 0.1) is 22.7 Å². The number of ether oxygens (including phenoxy) is 3. The van der Waals surface area contributed by atoms with Crippen molar-refractivity contribution in [2.75, 3.05) is 6.61 Å². The lowest BCUT2D eigenvalue weighted by atomic mass is 9.44. The molecule has 0 N–H and O–H groups in total. The Morgan fingerprint density at radius 1 is 1.00 bits per heavy atom. The molecule has 3 rings (SSSR count). The third-order valence-electron chi connectivity index (χ3n) is 8.49. The van der Waals surface area contributed by atoms with Crippen molar-refractivity contribution in [2.45, 2.75) is 97.9 Å². The molecule has 1 saturated heterocycles. The van der Waals surface area contributed by atoms with E-state index in [0.29, 0.717) is 18.6 Å². The van der Waals surface area contributed by atoms with Crippen molar-refractivity contribution in [2.24, 2.45) is 22.7 Å². The van der Waals surface area contributed by atoms with Crippen molar-refractivity contribution < 1.29 is 33.4 Å². The molecule has 0 unspecified atom stereocenters. The minimum atomic E-state index is -1.41. The van der Waals surface area contributed by atoms with Gasteiger partial charge in [0.2, 0.25) is 0 Å². The van der Waals surface area contributed by atoms with Gasteiger partial charge in [-0.3, -0.25) is 19.2 Å². The summed E-state index contributed by atoms with van der Waals surface area (Å²) in [6, 6.07) is 0. The smallest absolute Gasteiger partial charge is 0.303 e. The number of esters is 2. The van der Waals surface area contributed by atoms with Gasteiger partial charge in [0.15, 0.2) is 17.5 Å².